The van der Waals surface area contributed by atoms with Gasteiger partial charge in [0.05, 0.1) is 7.85 Å². The van der Waals surface area contributed by atoms with Gasteiger partial charge >= 0.3 is 0 Å². The summed E-state index contributed by atoms with van der Waals surface area (Å²) in [5, 5.41) is 0. The van der Waals surface area contributed by atoms with Crippen LogP contribution in [0, 0.1) is 23.7 Å². The summed E-state index contributed by atoms with van der Waals surface area (Å²) in [5.41, 5.74) is 0. The molecule has 13 heavy (non-hydrogen) atoms. The number of rotatable bonds is 0. The van der Waals surface area contributed by atoms with Crippen LogP contribution in [0.4, 0.5) is 0 Å². The second-order valence-electron chi connectivity index (χ2n) is 5.51. The van der Waals surface area contributed by atoms with E-state index in [-0.39, 0.29) is 0 Å². The van der Waals surface area contributed by atoms with Gasteiger partial charge in [0.25, 0.3) is 0 Å². The zero-order valence-corrected chi connectivity index (χ0v) is 8.41. The van der Waals surface area contributed by atoms with E-state index in [2.05, 4.69) is 0 Å². The van der Waals surface area contributed by atoms with E-state index in [1.54, 1.807) is 0 Å². The third kappa shape index (κ3) is 1.19. The molecule has 0 bridgehead atoms. The van der Waals surface area contributed by atoms with Gasteiger partial charge in [0.15, 0.2) is 0 Å². The SMILES string of the molecule is [B]C1CCC2CCC3CCCC1C32. The third-order valence-electron chi connectivity index (χ3n) is 5.02. The summed E-state index contributed by atoms with van der Waals surface area (Å²) in [5.74, 6) is 4.69. The van der Waals surface area contributed by atoms with E-state index in [9.17, 15) is 0 Å². The van der Waals surface area contributed by atoms with Gasteiger partial charge in [-0.1, -0.05) is 37.9 Å². The van der Waals surface area contributed by atoms with Crippen LogP contribution in [-0.2, 0) is 0 Å². The summed E-state index contributed by atoms with van der Waals surface area (Å²) in [6.45, 7) is 0. The molecule has 0 heterocycles. The van der Waals surface area contributed by atoms with Crippen LogP contribution in [0.3, 0.4) is 0 Å². The van der Waals surface area contributed by atoms with Crippen LogP contribution in [0.25, 0.3) is 0 Å². The molecular weight excluding hydrogens is 155 g/mol. The Morgan fingerprint density at radius 2 is 1.46 bits per heavy atom. The highest BCUT2D eigenvalue weighted by atomic mass is 14.5. The van der Waals surface area contributed by atoms with E-state index in [4.69, 9.17) is 7.85 Å². The van der Waals surface area contributed by atoms with Crippen LogP contribution in [0.15, 0.2) is 0 Å². The normalized spacial score (nSPS) is 54.6. The highest BCUT2D eigenvalue weighted by Crippen LogP contribution is 2.57. The Morgan fingerprint density at radius 3 is 2.31 bits per heavy atom. The number of hydrogen-bond acceptors (Lipinski definition) is 0. The third-order valence-corrected chi connectivity index (χ3v) is 5.02. The Labute approximate surface area is 82.9 Å². The van der Waals surface area contributed by atoms with E-state index in [1.807, 2.05) is 0 Å². The van der Waals surface area contributed by atoms with Crippen molar-refractivity contribution in [2.24, 2.45) is 23.7 Å². The first-order valence-corrected chi connectivity index (χ1v) is 6.12. The highest BCUT2D eigenvalue weighted by Gasteiger charge is 2.46. The molecule has 0 aliphatic heterocycles. The average molecular weight is 174 g/mol. The zero-order valence-electron chi connectivity index (χ0n) is 8.41. The average Bonchev–Trinajstić information content (AvgIpc) is 2.57. The fourth-order valence-electron chi connectivity index (χ4n) is 4.50. The molecule has 70 valence electrons. The van der Waals surface area contributed by atoms with Gasteiger partial charge in [-0.05, 0) is 36.5 Å². The van der Waals surface area contributed by atoms with Gasteiger partial charge in [-0.3, -0.25) is 0 Å². The lowest BCUT2D eigenvalue weighted by atomic mass is 9.55. The first-order chi connectivity index (χ1) is 6.36. The minimum atomic E-state index is 0.558. The summed E-state index contributed by atoms with van der Waals surface area (Å²) >= 11 is 0. The summed E-state index contributed by atoms with van der Waals surface area (Å²) in [6, 6.07) is 0. The molecule has 0 N–H and O–H groups in total. The van der Waals surface area contributed by atoms with Crippen molar-refractivity contribution in [2.75, 3.05) is 0 Å². The molecule has 5 unspecified atom stereocenters. The molecule has 3 aliphatic carbocycles. The van der Waals surface area contributed by atoms with Crippen LogP contribution >= 0.6 is 0 Å². The predicted molar refractivity (Wildman–Crippen MR) is 55.8 cm³/mol. The lowest BCUT2D eigenvalue weighted by Crippen LogP contribution is -2.35. The smallest absolute Gasteiger partial charge is 0.0703 e. The van der Waals surface area contributed by atoms with Gasteiger partial charge in [0.2, 0.25) is 0 Å². The van der Waals surface area contributed by atoms with E-state index in [0.717, 1.165) is 23.7 Å². The van der Waals surface area contributed by atoms with E-state index < -0.39 is 0 Å². The molecule has 0 spiro atoms. The Morgan fingerprint density at radius 1 is 0.769 bits per heavy atom. The highest BCUT2D eigenvalue weighted by molar-refractivity contribution is 6.11. The van der Waals surface area contributed by atoms with Crippen LogP contribution in [0.2, 0.25) is 5.82 Å². The van der Waals surface area contributed by atoms with Crippen molar-refractivity contribution in [3.63, 3.8) is 0 Å². The molecule has 3 saturated carbocycles. The zero-order chi connectivity index (χ0) is 8.84. The van der Waals surface area contributed by atoms with Gasteiger partial charge in [-0.15, -0.1) is 0 Å². The van der Waals surface area contributed by atoms with Gasteiger partial charge in [0, 0.05) is 0 Å². The molecular formula is C12H19B. The fraction of sp³-hybridized carbons (Fsp3) is 1.00. The van der Waals surface area contributed by atoms with E-state index in [0.29, 0.717) is 5.82 Å². The minimum absolute atomic E-state index is 0.558. The summed E-state index contributed by atoms with van der Waals surface area (Å²) in [6.07, 6.45) is 10.2. The molecule has 0 nitrogen and oxygen atoms in total. The second-order valence-corrected chi connectivity index (χ2v) is 5.51. The van der Waals surface area contributed by atoms with Crippen LogP contribution in [-0.4, -0.2) is 7.85 Å². The maximum Gasteiger partial charge on any atom is 0.0703 e. The Hall–Kier alpha value is 0.0649. The molecule has 0 aromatic rings. The Bertz CT molecular complexity index is 195. The maximum atomic E-state index is 6.24. The van der Waals surface area contributed by atoms with Gasteiger partial charge in [-0.25, -0.2) is 0 Å². The quantitative estimate of drug-likeness (QED) is 0.494. The van der Waals surface area contributed by atoms with Crippen LogP contribution in [0.5, 0.6) is 0 Å². The first-order valence-electron chi connectivity index (χ1n) is 6.12. The summed E-state index contributed by atoms with van der Waals surface area (Å²) < 4.78 is 0. The van der Waals surface area contributed by atoms with Crippen molar-refractivity contribution in [3.05, 3.63) is 0 Å². The predicted octanol–water partition coefficient (Wildman–Crippen LogP) is 3.18. The molecule has 0 amide bonds. The van der Waals surface area contributed by atoms with Gasteiger partial charge in [0.1, 0.15) is 0 Å². The van der Waals surface area contributed by atoms with E-state index >= 15 is 0 Å². The first kappa shape index (κ1) is 8.38. The van der Waals surface area contributed by atoms with E-state index in [1.165, 1.54) is 44.9 Å². The molecule has 3 rings (SSSR count). The topological polar surface area (TPSA) is 0 Å². The molecule has 5 atom stereocenters. The Balaban J connectivity index is 1.86. The largest absolute Gasteiger partial charge is 0.0743 e. The molecule has 0 aromatic carbocycles. The van der Waals surface area contributed by atoms with Crippen molar-refractivity contribution < 1.29 is 0 Å². The van der Waals surface area contributed by atoms with Crippen molar-refractivity contribution in [1.29, 1.82) is 0 Å². The molecule has 1 heteroatoms. The molecule has 2 radical (unpaired) electrons. The number of hydrogen-bond donors (Lipinski definition) is 0. The molecule has 0 aromatic heterocycles. The van der Waals surface area contributed by atoms with Gasteiger partial charge in [-0.2, -0.15) is 0 Å². The minimum Gasteiger partial charge on any atom is -0.0743 e. The monoisotopic (exact) mass is 174 g/mol. The fourth-order valence-corrected chi connectivity index (χ4v) is 4.50. The van der Waals surface area contributed by atoms with Crippen molar-refractivity contribution in [2.45, 2.75) is 50.8 Å². The van der Waals surface area contributed by atoms with Crippen molar-refractivity contribution >= 4 is 7.85 Å². The lowest BCUT2D eigenvalue weighted by molar-refractivity contribution is 0.0960. The maximum absolute atomic E-state index is 6.24. The molecule has 3 aliphatic rings. The second kappa shape index (κ2) is 3.03. The summed E-state index contributed by atoms with van der Waals surface area (Å²) in [4.78, 5) is 0. The molecule has 0 saturated heterocycles. The lowest BCUT2D eigenvalue weighted by Gasteiger charge is -2.45. The van der Waals surface area contributed by atoms with Crippen LogP contribution in [0.1, 0.15) is 44.9 Å². The van der Waals surface area contributed by atoms with Crippen molar-refractivity contribution in [3.8, 4) is 0 Å². The summed E-state index contributed by atoms with van der Waals surface area (Å²) in [7, 11) is 6.24. The molecule has 3 fully saturated rings. The van der Waals surface area contributed by atoms with Crippen LogP contribution < -0.4 is 0 Å². The Kier molecular flexibility index (Phi) is 1.96. The van der Waals surface area contributed by atoms with Gasteiger partial charge < -0.3 is 0 Å². The van der Waals surface area contributed by atoms with Crippen molar-refractivity contribution in [1.82, 2.24) is 0 Å². The standard InChI is InChI=1S/C12H19B/c13-11-7-6-9-5-4-8-2-1-3-10(11)12(8)9/h8-12H,1-7H2.